The lowest BCUT2D eigenvalue weighted by atomic mass is 9.95. The van der Waals surface area contributed by atoms with E-state index in [9.17, 15) is 10.1 Å². The first-order valence-corrected chi connectivity index (χ1v) is 6.11. The van der Waals surface area contributed by atoms with Crippen molar-refractivity contribution in [3.63, 3.8) is 0 Å². The van der Waals surface area contributed by atoms with E-state index in [4.69, 9.17) is 11.6 Å². The van der Waals surface area contributed by atoms with Gasteiger partial charge in [0.15, 0.2) is 0 Å². The van der Waals surface area contributed by atoms with Crippen molar-refractivity contribution in [3.8, 4) is 0 Å². The van der Waals surface area contributed by atoms with Gasteiger partial charge < -0.3 is 5.32 Å². The van der Waals surface area contributed by atoms with Crippen LogP contribution in [-0.4, -0.2) is 15.9 Å². The molecule has 6 heteroatoms. The Bertz CT molecular complexity index is 419. The Hall–Kier alpha value is -1.36. The summed E-state index contributed by atoms with van der Waals surface area (Å²) in [4.78, 5) is 14.3. The van der Waals surface area contributed by atoms with Crippen LogP contribution in [0.25, 0.3) is 0 Å². The summed E-state index contributed by atoms with van der Waals surface area (Å²) in [5.74, 6) is 0.496. The molecule has 2 rings (SSSR count). The van der Waals surface area contributed by atoms with Crippen molar-refractivity contribution in [3.05, 3.63) is 27.4 Å². The predicted octanol–water partition coefficient (Wildman–Crippen LogP) is 3.39. The predicted molar refractivity (Wildman–Crippen MR) is 66.4 cm³/mol. The molecule has 92 valence electrons. The summed E-state index contributed by atoms with van der Waals surface area (Å²) in [6.45, 7) is 0. The quantitative estimate of drug-likeness (QED) is 0.511. The summed E-state index contributed by atoms with van der Waals surface area (Å²) in [5, 5.41) is 14.1. The molecule has 1 aromatic heterocycles. The van der Waals surface area contributed by atoms with Gasteiger partial charge in [-0.05, 0) is 12.8 Å². The molecular formula is C11H14ClN3O2. The summed E-state index contributed by atoms with van der Waals surface area (Å²) in [6.07, 6.45) is 5.83. The zero-order valence-corrected chi connectivity index (χ0v) is 10.1. The molecular weight excluding hydrogens is 242 g/mol. The van der Waals surface area contributed by atoms with Crippen molar-refractivity contribution in [2.24, 2.45) is 0 Å². The fraction of sp³-hybridized carbons (Fsp3) is 0.545. The number of nitrogens with zero attached hydrogens (tertiary/aromatic N) is 2. The minimum Gasteiger partial charge on any atom is -0.367 e. The Morgan fingerprint density at radius 2 is 2.06 bits per heavy atom. The Morgan fingerprint density at radius 3 is 2.71 bits per heavy atom. The van der Waals surface area contributed by atoms with Crippen LogP contribution >= 0.6 is 11.6 Å². The van der Waals surface area contributed by atoms with E-state index in [1.54, 1.807) is 0 Å². The molecule has 1 fully saturated rings. The average molecular weight is 256 g/mol. The minimum absolute atomic E-state index is 0.0247. The van der Waals surface area contributed by atoms with Gasteiger partial charge in [0, 0.05) is 6.04 Å². The molecule has 1 aliphatic carbocycles. The van der Waals surface area contributed by atoms with Gasteiger partial charge in [-0.25, -0.2) is 4.98 Å². The molecule has 0 aliphatic heterocycles. The second kappa shape index (κ2) is 5.31. The number of nitro groups is 1. The van der Waals surface area contributed by atoms with E-state index < -0.39 is 4.92 Å². The third-order valence-electron chi connectivity index (χ3n) is 2.95. The molecule has 0 aromatic carbocycles. The first-order valence-electron chi connectivity index (χ1n) is 5.73. The number of halogens is 1. The molecule has 1 N–H and O–H groups in total. The maximum atomic E-state index is 10.7. The highest BCUT2D eigenvalue weighted by atomic mass is 35.5. The zero-order valence-electron chi connectivity index (χ0n) is 9.36. The zero-order chi connectivity index (χ0) is 12.3. The molecule has 5 nitrogen and oxygen atoms in total. The molecule has 0 radical (unpaired) electrons. The van der Waals surface area contributed by atoms with Crippen LogP contribution in [0.15, 0.2) is 12.1 Å². The number of hydrogen-bond acceptors (Lipinski definition) is 4. The minimum atomic E-state index is -0.459. The monoisotopic (exact) mass is 255 g/mol. The topological polar surface area (TPSA) is 68.1 Å². The number of nitrogens with one attached hydrogen (secondary N) is 1. The maximum Gasteiger partial charge on any atom is 0.276 e. The highest BCUT2D eigenvalue weighted by molar-refractivity contribution is 6.29. The van der Waals surface area contributed by atoms with Crippen LogP contribution in [0.5, 0.6) is 0 Å². The number of pyridine rings is 1. The molecule has 0 amide bonds. The van der Waals surface area contributed by atoms with Crippen molar-refractivity contribution in [2.75, 3.05) is 5.32 Å². The molecule has 0 saturated heterocycles. The second-order valence-corrected chi connectivity index (χ2v) is 4.66. The van der Waals surface area contributed by atoms with Crippen molar-refractivity contribution in [1.29, 1.82) is 0 Å². The van der Waals surface area contributed by atoms with Crippen molar-refractivity contribution in [2.45, 2.75) is 38.1 Å². The SMILES string of the molecule is O=[N+]([O-])c1cc(Cl)nc(NC2CCCCC2)c1. The van der Waals surface area contributed by atoms with Gasteiger partial charge in [-0.3, -0.25) is 10.1 Å². The molecule has 1 saturated carbocycles. The van der Waals surface area contributed by atoms with E-state index in [0.717, 1.165) is 12.8 Å². The highest BCUT2D eigenvalue weighted by Gasteiger charge is 2.16. The number of aromatic nitrogens is 1. The molecule has 0 bridgehead atoms. The van der Waals surface area contributed by atoms with Crippen molar-refractivity contribution in [1.82, 2.24) is 4.98 Å². The molecule has 1 aliphatic rings. The van der Waals surface area contributed by atoms with Gasteiger partial charge >= 0.3 is 0 Å². The van der Waals surface area contributed by atoms with Crippen molar-refractivity contribution >= 4 is 23.1 Å². The Kier molecular flexibility index (Phi) is 3.78. The Morgan fingerprint density at radius 1 is 1.35 bits per heavy atom. The summed E-state index contributed by atoms with van der Waals surface area (Å²) >= 11 is 5.76. The Balaban J connectivity index is 2.11. The third-order valence-corrected chi connectivity index (χ3v) is 3.14. The summed E-state index contributed by atoms with van der Waals surface area (Å²) in [6, 6.07) is 3.04. The summed E-state index contributed by atoms with van der Waals surface area (Å²) < 4.78 is 0. The van der Waals surface area contributed by atoms with Crippen LogP contribution in [0.3, 0.4) is 0 Å². The number of anilines is 1. The van der Waals surface area contributed by atoms with Gasteiger partial charge in [-0.1, -0.05) is 30.9 Å². The second-order valence-electron chi connectivity index (χ2n) is 4.27. The van der Waals surface area contributed by atoms with E-state index >= 15 is 0 Å². The van der Waals surface area contributed by atoms with Gasteiger partial charge in [0.05, 0.1) is 17.1 Å². The molecule has 0 unspecified atom stereocenters. The third kappa shape index (κ3) is 3.30. The van der Waals surface area contributed by atoms with Crippen LogP contribution in [-0.2, 0) is 0 Å². The number of rotatable bonds is 3. The van der Waals surface area contributed by atoms with Gasteiger partial charge in [0.1, 0.15) is 11.0 Å². The van der Waals surface area contributed by atoms with Gasteiger partial charge in [-0.15, -0.1) is 0 Å². The lowest BCUT2D eigenvalue weighted by molar-refractivity contribution is -0.384. The summed E-state index contributed by atoms with van der Waals surface area (Å²) in [5.41, 5.74) is -0.0247. The largest absolute Gasteiger partial charge is 0.367 e. The van der Waals surface area contributed by atoms with Crippen LogP contribution in [0, 0.1) is 10.1 Å². The van der Waals surface area contributed by atoms with Crippen LogP contribution in [0.4, 0.5) is 11.5 Å². The first kappa shape index (κ1) is 12.1. The standard InChI is InChI=1S/C11H14ClN3O2/c12-10-6-9(15(16)17)7-11(14-10)13-8-4-2-1-3-5-8/h6-8H,1-5H2,(H,13,14). The van der Waals surface area contributed by atoms with E-state index in [1.165, 1.54) is 31.4 Å². The molecule has 0 spiro atoms. The molecule has 1 aromatic rings. The van der Waals surface area contributed by atoms with Crippen molar-refractivity contribution < 1.29 is 4.92 Å². The first-order chi connectivity index (χ1) is 8.15. The average Bonchev–Trinajstić information content (AvgIpc) is 2.29. The fourth-order valence-electron chi connectivity index (χ4n) is 2.12. The van der Waals surface area contributed by atoms with Gasteiger partial charge in [0.25, 0.3) is 5.69 Å². The lowest BCUT2D eigenvalue weighted by Crippen LogP contribution is -2.22. The smallest absolute Gasteiger partial charge is 0.276 e. The molecule has 17 heavy (non-hydrogen) atoms. The van der Waals surface area contributed by atoms with Crippen LogP contribution in [0.2, 0.25) is 5.15 Å². The summed E-state index contributed by atoms with van der Waals surface area (Å²) in [7, 11) is 0. The van der Waals surface area contributed by atoms with Crippen LogP contribution < -0.4 is 5.32 Å². The normalized spacial score (nSPS) is 16.8. The highest BCUT2D eigenvalue weighted by Crippen LogP contribution is 2.24. The van der Waals surface area contributed by atoms with E-state index in [1.807, 2.05) is 0 Å². The van der Waals surface area contributed by atoms with Gasteiger partial charge in [-0.2, -0.15) is 0 Å². The van der Waals surface area contributed by atoms with Gasteiger partial charge in [0.2, 0.25) is 0 Å². The Labute approximate surface area is 104 Å². The van der Waals surface area contributed by atoms with E-state index in [-0.39, 0.29) is 10.8 Å². The van der Waals surface area contributed by atoms with E-state index in [0.29, 0.717) is 11.9 Å². The van der Waals surface area contributed by atoms with E-state index in [2.05, 4.69) is 10.3 Å². The number of hydrogen-bond donors (Lipinski definition) is 1. The maximum absolute atomic E-state index is 10.7. The lowest BCUT2D eigenvalue weighted by Gasteiger charge is -2.23. The fourth-order valence-corrected chi connectivity index (χ4v) is 2.32. The van der Waals surface area contributed by atoms with Crippen LogP contribution in [0.1, 0.15) is 32.1 Å². The molecule has 0 atom stereocenters. The molecule has 1 heterocycles.